The van der Waals surface area contributed by atoms with E-state index in [2.05, 4.69) is 88.3 Å². The third kappa shape index (κ3) is 7.78. The van der Waals surface area contributed by atoms with Crippen LogP contribution in [-0.2, 0) is 13.0 Å². The first-order valence-corrected chi connectivity index (χ1v) is 13.8. The van der Waals surface area contributed by atoms with Gasteiger partial charge in [-0.15, -0.1) is 0 Å². The molecule has 2 aliphatic heterocycles. The van der Waals surface area contributed by atoms with Crippen LogP contribution in [0.15, 0.2) is 77.5 Å². The molecule has 4 heteroatoms. The molecule has 3 aromatic rings. The van der Waals surface area contributed by atoms with Crippen molar-refractivity contribution in [2.75, 3.05) is 33.2 Å². The molecule has 0 amide bonds. The third-order valence-corrected chi connectivity index (χ3v) is 8.11. The van der Waals surface area contributed by atoms with E-state index >= 15 is 0 Å². The van der Waals surface area contributed by atoms with Crippen molar-refractivity contribution in [2.45, 2.75) is 56.6 Å². The van der Waals surface area contributed by atoms with Crippen LogP contribution >= 0.6 is 11.3 Å². The number of hydrogen-bond acceptors (Lipinski definition) is 4. The molecule has 0 aliphatic carbocycles. The highest BCUT2D eigenvalue weighted by atomic mass is 32.1. The molecule has 0 radical (unpaired) electrons. The van der Waals surface area contributed by atoms with Crippen LogP contribution in [-0.4, -0.2) is 53.7 Å². The molecule has 2 saturated heterocycles. The lowest BCUT2D eigenvalue weighted by molar-refractivity contribution is -0.0236. The highest BCUT2D eigenvalue weighted by Crippen LogP contribution is 2.29. The fraction of sp³-hybridized carbons (Fsp3) is 0.467. The minimum absolute atomic E-state index is 0.401. The Labute approximate surface area is 210 Å². The van der Waals surface area contributed by atoms with Gasteiger partial charge < -0.3 is 10.0 Å². The largest absolute Gasteiger partial charge is 0.390 e. The first-order chi connectivity index (χ1) is 16.6. The highest BCUT2D eigenvalue weighted by molar-refractivity contribution is 7.08. The van der Waals surface area contributed by atoms with Gasteiger partial charge in [0.05, 0.1) is 5.60 Å². The maximum atomic E-state index is 10.4. The molecule has 182 valence electrons. The second kappa shape index (κ2) is 12.6. The maximum Gasteiger partial charge on any atom is 0.0672 e. The van der Waals surface area contributed by atoms with Crippen molar-refractivity contribution in [3.8, 4) is 0 Å². The minimum atomic E-state index is -0.401. The molecule has 1 unspecified atom stereocenters. The zero-order valence-electron chi connectivity index (χ0n) is 20.6. The third-order valence-electron chi connectivity index (χ3n) is 7.40. The Morgan fingerprint density at radius 2 is 1.59 bits per heavy atom. The van der Waals surface area contributed by atoms with Crippen molar-refractivity contribution in [3.63, 3.8) is 0 Å². The number of piperidine rings is 1. The van der Waals surface area contributed by atoms with E-state index in [9.17, 15) is 5.11 Å². The molecule has 3 heterocycles. The van der Waals surface area contributed by atoms with E-state index in [0.29, 0.717) is 0 Å². The minimum Gasteiger partial charge on any atom is -0.390 e. The van der Waals surface area contributed by atoms with Crippen LogP contribution in [0.1, 0.15) is 54.7 Å². The maximum absolute atomic E-state index is 10.4. The summed E-state index contributed by atoms with van der Waals surface area (Å²) in [4.78, 5) is 4.86. The smallest absolute Gasteiger partial charge is 0.0672 e. The van der Waals surface area contributed by atoms with E-state index in [1.165, 1.54) is 36.2 Å². The molecule has 1 N–H and O–H groups in total. The molecule has 5 rings (SSSR count). The Morgan fingerprint density at radius 1 is 0.912 bits per heavy atom. The molecular formula is C30H40N2OS. The summed E-state index contributed by atoms with van der Waals surface area (Å²) in [6.45, 7) is 5.60. The number of benzene rings is 2. The fourth-order valence-corrected chi connectivity index (χ4v) is 5.89. The number of hydrogen-bond donors (Lipinski definition) is 1. The number of aryl methyl sites for hydroxylation is 1. The average molecular weight is 477 g/mol. The van der Waals surface area contributed by atoms with E-state index in [1.54, 1.807) is 0 Å². The van der Waals surface area contributed by atoms with Gasteiger partial charge >= 0.3 is 0 Å². The van der Waals surface area contributed by atoms with Gasteiger partial charge in [-0.1, -0.05) is 60.7 Å². The Bertz CT molecular complexity index is 936. The lowest BCUT2D eigenvalue weighted by Crippen LogP contribution is -2.42. The van der Waals surface area contributed by atoms with Crippen LogP contribution in [0.25, 0.3) is 0 Å². The highest BCUT2D eigenvalue weighted by Gasteiger charge is 2.30. The van der Waals surface area contributed by atoms with Crippen LogP contribution in [0.4, 0.5) is 0 Å². The van der Waals surface area contributed by atoms with E-state index < -0.39 is 5.60 Å². The zero-order chi connectivity index (χ0) is 23.6. The summed E-state index contributed by atoms with van der Waals surface area (Å²) < 4.78 is 0. The summed E-state index contributed by atoms with van der Waals surface area (Å²) in [6.07, 6.45) is 6.28. The summed E-state index contributed by atoms with van der Waals surface area (Å²) >= 11 is 1.81. The Hall–Kier alpha value is -1.98. The summed E-state index contributed by atoms with van der Waals surface area (Å²) in [6, 6.07) is 23.6. The first kappa shape index (κ1) is 25.1. The van der Waals surface area contributed by atoms with Crippen molar-refractivity contribution in [1.29, 1.82) is 0 Å². The number of rotatable bonds is 7. The molecule has 0 spiro atoms. The van der Waals surface area contributed by atoms with Gasteiger partial charge in [0.2, 0.25) is 0 Å². The molecule has 1 aromatic heterocycles. The van der Waals surface area contributed by atoms with E-state index in [1.807, 2.05) is 17.4 Å². The second-order valence-corrected chi connectivity index (χ2v) is 10.9. The molecule has 2 fully saturated rings. The first-order valence-electron chi connectivity index (χ1n) is 12.8. The quantitative estimate of drug-likeness (QED) is 0.440. The number of thiophene rings is 1. The van der Waals surface area contributed by atoms with Crippen molar-refractivity contribution in [2.24, 2.45) is 0 Å². The van der Waals surface area contributed by atoms with E-state index in [0.717, 1.165) is 57.7 Å². The summed E-state index contributed by atoms with van der Waals surface area (Å²) in [5, 5.41) is 14.9. The van der Waals surface area contributed by atoms with Gasteiger partial charge in [0, 0.05) is 26.2 Å². The van der Waals surface area contributed by atoms with Crippen molar-refractivity contribution < 1.29 is 5.11 Å². The molecule has 0 bridgehead atoms. The van der Waals surface area contributed by atoms with Gasteiger partial charge in [-0.25, -0.2) is 0 Å². The van der Waals surface area contributed by atoms with Crippen molar-refractivity contribution >= 4 is 11.3 Å². The zero-order valence-corrected chi connectivity index (χ0v) is 21.4. The Morgan fingerprint density at radius 3 is 2.24 bits per heavy atom. The Kier molecular flexibility index (Phi) is 9.34. The molecule has 2 aromatic carbocycles. The standard InChI is InChI=1S/C15H23NO.C15H17NS/c1-16-12-10-15(17,11-13-16)9-5-8-14-6-3-2-4-7-14;1-2-4-13(5-3-1)10-16-8-6-14(11-16)15-7-9-17-12-15/h2-4,6-7,17H,5,8-13H2,1H3;1-5,7,9,12,14H,6,8,10-11H2. The fourth-order valence-electron chi connectivity index (χ4n) is 5.15. The monoisotopic (exact) mass is 476 g/mol. The predicted octanol–water partition coefficient (Wildman–Crippen LogP) is 6.20. The van der Waals surface area contributed by atoms with Crippen LogP contribution in [0, 0.1) is 0 Å². The van der Waals surface area contributed by atoms with Gasteiger partial charge in [-0.05, 0) is 91.6 Å². The van der Waals surface area contributed by atoms with E-state index in [4.69, 9.17) is 0 Å². The summed E-state index contributed by atoms with van der Waals surface area (Å²) in [5.74, 6) is 0.755. The topological polar surface area (TPSA) is 26.7 Å². The van der Waals surface area contributed by atoms with Gasteiger partial charge in [0.25, 0.3) is 0 Å². The lowest BCUT2D eigenvalue weighted by atomic mass is 9.86. The van der Waals surface area contributed by atoms with Crippen LogP contribution in [0.3, 0.4) is 0 Å². The summed E-state index contributed by atoms with van der Waals surface area (Å²) in [5.41, 5.74) is 3.94. The van der Waals surface area contributed by atoms with Crippen molar-refractivity contribution in [3.05, 3.63) is 94.2 Å². The van der Waals surface area contributed by atoms with Crippen LogP contribution in [0.5, 0.6) is 0 Å². The molecule has 34 heavy (non-hydrogen) atoms. The van der Waals surface area contributed by atoms with Gasteiger partial charge in [-0.2, -0.15) is 11.3 Å². The normalized spacial score (nSPS) is 20.6. The molecule has 2 aliphatic rings. The number of likely N-dealkylation sites (tertiary alicyclic amines) is 2. The second-order valence-electron chi connectivity index (χ2n) is 10.1. The SMILES string of the molecule is CN1CCC(O)(CCCc2ccccc2)CC1.c1ccc(CN2CCC(c3ccsc3)C2)cc1. The number of aliphatic hydroxyl groups is 1. The predicted molar refractivity (Wildman–Crippen MR) is 144 cm³/mol. The molecular weight excluding hydrogens is 436 g/mol. The molecule has 1 atom stereocenters. The van der Waals surface area contributed by atoms with Gasteiger partial charge in [0.15, 0.2) is 0 Å². The van der Waals surface area contributed by atoms with E-state index in [-0.39, 0.29) is 0 Å². The van der Waals surface area contributed by atoms with Crippen molar-refractivity contribution in [1.82, 2.24) is 9.80 Å². The van der Waals surface area contributed by atoms with Crippen LogP contribution < -0.4 is 0 Å². The molecule has 3 nitrogen and oxygen atoms in total. The average Bonchev–Trinajstić information content (AvgIpc) is 3.56. The summed E-state index contributed by atoms with van der Waals surface area (Å²) in [7, 11) is 2.13. The van der Waals surface area contributed by atoms with Crippen LogP contribution in [0.2, 0.25) is 0 Å². The van der Waals surface area contributed by atoms with Gasteiger partial charge in [0.1, 0.15) is 0 Å². The molecule has 0 saturated carbocycles. The van der Waals surface area contributed by atoms with Gasteiger partial charge in [-0.3, -0.25) is 4.90 Å². The lowest BCUT2D eigenvalue weighted by Gasteiger charge is -2.36. The Balaban J connectivity index is 0.000000161. The number of nitrogens with zero attached hydrogens (tertiary/aromatic N) is 2.